The van der Waals surface area contributed by atoms with Crippen molar-refractivity contribution in [2.45, 2.75) is 39.5 Å². The quantitative estimate of drug-likeness (QED) is 0.881. The topological polar surface area (TPSA) is 23.5 Å². The molecule has 0 unspecified atom stereocenters. The summed E-state index contributed by atoms with van der Waals surface area (Å²) in [5.74, 6) is 0.752. The minimum absolute atomic E-state index is 0.354. The molecular weight excluding hydrogens is 234 g/mol. The maximum atomic E-state index is 8.98. The Morgan fingerprint density at radius 3 is 2.63 bits per heavy atom. The zero-order chi connectivity index (χ0) is 13.7. The second-order valence-corrected chi connectivity index (χ2v) is 5.98. The van der Waals surface area contributed by atoms with Gasteiger partial charge in [0.05, 0.1) is 0 Å². The maximum Gasteiger partial charge on any atom is 0.0433 e. The van der Waals surface area contributed by atoms with Gasteiger partial charge in [-0.15, -0.1) is 0 Å². The lowest BCUT2D eigenvalue weighted by Gasteiger charge is -2.31. The van der Waals surface area contributed by atoms with Gasteiger partial charge in [0, 0.05) is 13.2 Å². The zero-order valence-electron chi connectivity index (χ0n) is 12.4. The van der Waals surface area contributed by atoms with E-state index in [1.54, 1.807) is 0 Å². The van der Waals surface area contributed by atoms with E-state index < -0.39 is 0 Å². The zero-order valence-corrected chi connectivity index (χ0v) is 12.4. The van der Waals surface area contributed by atoms with E-state index in [2.05, 4.69) is 36.9 Å². The molecule has 0 aliphatic carbocycles. The van der Waals surface area contributed by atoms with Gasteiger partial charge in [-0.3, -0.25) is 0 Å². The molecule has 1 N–H and O–H groups in total. The van der Waals surface area contributed by atoms with Crippen LogP contribution in [0.25, 0.3) is 0 Å². The Bertz CT molecular complexity index is 394. The Morgan fingerprint density at radius 1 is 1.21 bits per heavy atom. The minimum Gasteiger partial charge on any atom is -0.396 e. The van der Waals surface area contributed by atoms with Crippen molar-refractivity contribution in [2.24, 2.45) is 5.92 Å². The molecule has 1 heterocycles. The fraction of sp³-hybridized carbons (Fsp3) is 0.647. The van der Waals surface area contributed by atoms with Gasteiger partial charge in [0.2, 0.25) is 0 Å². The fourth-order valence-corrected chi connectivity index (χ4v) is 3.03. The molecule has 0 bridgehead atoms. The third-order valence-corrected chi connectivity index (χ3v) is 4.45. The van der Waals surface area contributed by atoms with Crippen molar-refractivity contribution in [3.63, 3.8) is 0 Å². The fourth-order valence-electron chi connectivity index (χ4n) is 3.03. The van der Waals surface area contributed by atoms with Gasteiger partial charge in [0.15, 0.2) is 0 Å². The van der Waals surface area contributed by atoms with Crippen molar-refractivity contribution >= 4 is 0 Å². The average Bonchev–Trinajstić information content (AvgIpc) is 2.42. The lowest BCUT2D eigenvalue weighted by Crippen LogP contribution is -2.35. The predicted molar refractivity (Wildman–Crippen MR) is 80.5 cm³/mol. The first-order valence-electron chi connectivity index (χ1n) is 7.58. The summed E-state index contributed by atoms with van der Waals surface area (Å²) < 4.78 is 0. The molecule has 1 aromatic rings. The van der Waals surface area contributed by atoms with Crippen molar-refractivity contribution in [1.29, 1.82) is 0 Å². The van der Waals surface area contributed by atoms with E-state index in [1.165, 1.54) is 49.2 Å². The van der Waals surface area contributed by atoms with Crippen LogP contribution >= 0.6 is 0 Å². The number of nitrogens with zero attached hydrogens (tertiary/aromatic N) is 1. The summed E-state index contributed by atoms with van der Waals surface area (Å²) in [6.07, 6.45) is 4.67. The lowest BCUT2D eigenvalue weighted by molar-refractivity contribution is 0.160. The molecule has 0 atom stereocenters. The summed E-state index contributed by atoms with van der Waals surface area (Å²) in [5, 5.41) is 8.98. The molecule has 1 fully saturated rings. The van der Waals surface area contributed by atoms with E-state index in [-0.39, 0.29) is 0 Å². The smallest absolute Gasteiger partial charge is 0.0433 e. The molecule has 2 nitrogen and oxygen atoms in total. The largest absolute Gasteiger partial charge is 0.396 e. The van der Waals surface area contributed by atoms with Crippen molar-refractivity contribution in [3.05, 3.63) is 34.9 Å². The normalized spacial score (nSPS) is 17.8. The molecule has 19 heavy (non-hydrogen) atoms. The lowest BCUT2D eigenvalue weighted by atomic mass is 9.93. The van der Waals surface area contributed by atoms with E-state index in [1.807, 2.05) is 0 Å². The molecule has 0 spiro atoms. The van der Waals surface area contributed by atoms with Crippen LogP contribution in [0.2, 0.25) is 0 Å². The van der Waals surface area contributed by atoms with Gasteiger partial charge in [-0.25, -0.2) is 0 Å². The summed E-state index contributed by atoms with van der Waals surface area (Å²) in [6, 6.07) is 6.76. The molecule has 106 valence electrons. The van der Waals surface area contributed by atoms with E-state index in [9.17, 15) is 0 Å². The number of aliphatic hydroxyl groups excluding tert-OH is 1. The molecule has 1 aromatic carbocycles. The van der Waals surface area contributed by atoms with Crippen LogP contribution < -0.4 is 0 Å². The van der Waals surface area contributed by atoms with E-state index >= 15 is 0 Å². The third-order valence-electron chi connectivity index (χ3n) is 4.45. The molecule has 0 saturated carbocycles. The molecule has 0 aromatic heterocycles. The highest BCUT2D eigenvalue weighted by atomic mass is 16.3. The van der Waals surface area contributed by atoms with Crippen molar-refractivity contribution < 1.29 is 5.11 Å². The summed E-state index contributed by atoms with van der Waals surface area (Å²) in [7, 11) is 0. The molecule has 0 amide bonds. The summed E-state index contributed by atoms with van der Waals surface area (Å²) in [6.45, 7) is 8.32. The van der Waals surface area contributed by atoms with E-state index in [4.69, 9.17) is 5.11 Å². The highest BCUT2D eigenvalue weighted by molar-refractivity contribution is 5.30. The molecule has 2 heteroatoms. The highest BCUT2D eigenvalue weighted by Gasteiger charge is 2.18. The SMILES string of the molecule is Cc1ccc(C)c(CCN2CCC(CCO)CC2)c1. The number of rotatable bonds is 5. The van der Waals surface area contributed by atoms with Gasteiger partial charge < -0.3 is 10.0 Å². The Kier molecular flexibility index (Phi) is 5.41. The molecule has 1 saturated heterocycles. The number of hydrogen-bond acceptors (Lipinski definition) is 2. The monoisotopic (exact) mass is 261 g/mol. The van der Waals surface area contributed by atoms with Crippen LogP contribution in [-0.4, -0.2) is 36.2 Å². The first-order chi connectivity index (χ1) is 9.19. The first kappa shape index (κ1) is 14.5. The minimum atomic E-state index is 0.354. The van der Waals surface area contributed by atoms with Crippen LogP contribution in [0.15, 0.2) is 18.2 Å². The van der Waals surface area contributed by atoms with Gasteiger partial charge in [-0.05, 0) is 69.7 Å². The second-order valence-electron chi connectivity index (χ2n) is 5.98. The van der Waals surface area contributed by atoms with Crippen LogP contribution in [0.1, 0.15) is 36.0 Å². The summed E-state index contributed by atoms with van der Waals surface area (Å²) in [5.41, 5.74) is 4.28. The van der Waals surface area contributed by atoms with E-state index in [0.717, 1.165) is 18.8 Å². The Morgan fingerprint density at radius 2 is 1.95 bits per heavy atom. The first-order valence-corrected chi connectivity index (χ1v) is 7.58. The van der Waals surface area contributed by atoms with Gasteiger partial charge in [0.1, 0.15) is 0 Å². The third kappa shape index (κ3) is 4.32. The molecular formula is C17H27NO. The van der Waals surface area contributed by atoms with Gasteiger partial charge in [0.25, 0.3) is 0 Å². The maximum absolute atomic E-state index is 8.98. The molecule has 1 aliphatic heterocycles. The number of benzene rings is 1. The van der Waals surface area contributed by atoms with Crippen molar-refractivity contribution in [1.82, 2.24) is 4.90 Å². The average molecular weight is 261 g/mol. The van der Waals surface area contributed by atoms with Crippen LogP contribution in [0.5, 0.6) is 0 Å². The van der Waals surface area contributed by atoms with Gasteiger partial charge in [-0.1, -0.05) is 23.8 Å². The number of hydrogen-bond donors (Lipinski definition) is 1. The number of likely N-dealkylation sites (tertiary alicyclic amines) is 1. The van der Waals surface area contributed by atoms with Crippen LogP contribution in [-0.2, 0) is 6.42 Å². The summed E-state index contributed by atoms with van der Waals surface area (Å²) >= 11 is 0. The van der Waals surface area contributed by atoms with Crippen molar-refractivity contribution in [2.75, 3.05) is 26.2 Å². The highest BCUT2D eigenvalue weighted by Crippen LogP contribution is 2.20. The van der Waals surface area contributed by atoms with Crippen molar-refractivity contribution in [3.8, 4) is 0 Å². The summed E-state index contributed by atoms with van der Waals surface area (Å²) in [4.78, 5) is 2.58. The van der Waals surface area contributed by atoms with E-state index in [0.29, 0.717) is 6.61 Å². The Labute approximate surface area is 117 Å². The second kappa shape index (κ2) is 7.06. The van der Waals surface area contributed by atoms with Gasteiger partial charge in [-0.2, -0.15) is 0 Å². The number of aliphatic hydroxyl groups is 1. The molecule has 1 aliphatic rings. The number of piperidine rings is 1. The predicted octanol–water partition coefficient (Wildman–Crippen LogP) is 2.94. The van der Waals surface area contributed by atoms with Crippen LogP contribution in [0, 0.1) is 19.8 Å². The Balaban J connectivity index is 1.79. The van der Waals surface area contributed by atoms with Crippen LogP contribution in [0.4, 0.5) is 0 Å². The molecule has 0 radical (unpaired) electrons. The van der Waals surface area contributed by atoms with Gasteiger partial charge >= 0.3 is 0 Å². The molecule has 2 rings (SSSR count). The van der Waals surface area contributed by atoms with Crippen LogP contribution in [0.3, 0.4) is 0 Å². The standard InChI is InChI=1S/C17H27NO/c1-14-3-4-15(2)17(13-14)7-11-18-9-5-16(6-10-18)8-12-19/h3-4,13,16,19H,5-12H2,1-2H3. The Hall–Kier alpha value is -0.860. The number of aryl methyl sites for hydroxylation is 2.